The molecular formula is C14H22N4O2. The van der Waals surface area contributed by atoms with E-state index in [1.807, 2.05) is 7.05 Å². The fourth-order valence-electron chi connectivity index (χ4n) is 2.97. The molecule has 6 heteroatoms. The first-order valence-corrected chi connectivity index (χ1v) is 7.02. The lowest BCUT2D eigenvalue weighted by Crippen LogP contribution is -2.36. The molecular weight excluding hydrogens is 256 g/mol. The van der Waals surface area contributed by atoms with Gasteiger partial charge in [-0.25, -0.2) is 0 Å². The Morgan fingerprint density at radius 3 is 2.95 bits per heavy atom. The van der Waals surface area contributed by atoms with E-state index in [-0.39, 0.29) is 10.6 Å². The van der Waals surface area contributed by atoms with Crippen LogP contribution in [0.5, 0.6) is 0 Å². The van der Waals surface area contributed by atoms with Crippen molar-refractivity contribution in [3.63, 3.8) is 0 Å². The SMILES string of the molecule is CNCC1CCCN1Cc1ncc(C)c([N+](=O)[O-])c1C. The molecule has 1 saturated heterocycles. The minimum atomic E-state index is -0.301. The molecule has 110 valence electrons. The highest BCUT2D eigenvalue weighted by Crippen LogP contribution is 2.26. The highest BCUT2D eigenvalue weighted by atomic mass is 16.6. The number of aromatic nitrogens is 1. The number of hydrogen-bond donors (Lipinski definition) is 1. The molecule has 1 aromatic heterocycles. The van der Waals surface area contributed by atoms with Gasteiger partial charge in [-0.1, -0.05) is 0 Å². The van der Waals surface area contributed by atoms with Gasteiger partial charge in [-0.3, -0.25) is 20.0 Å². The third kappa shape index (κ3) is 2.96. The van der Waals surface area contributed by atoms with Crippen LogP contribution < -0.4 is 5.32 Å². The number of rotatable bonds is 5. The predicted octanol–water partition coefficient (Wildman–Crippen LogP) is 1.79. The lowest BCUT2D eigenvalue weighted by Gasteiger charge is -2.24. The van der Waals surface area contributed by atoms with Gasteiger partial charge in [0.15, 0.2) is 0 Å². The van der Waals surface area contributed by atoms with Crippen molar-refractivity contribution in [2.45, 2.75) is 39.3 Å². The Morgan fingerprint density at radius 1 is 1.55 bits per heavy atom. The van der Waals surface area contributed by atoms with Crippen LogP contribution in [0.25, 0.3) is 0 Å². The van der Waals surface area contributed by atoms with Crippen LogP contribution in [0, 0.1) is 24.0 Å². The van der Waals surface area contributed by atoms with E-state index in [0.29, 0.717) is 23.7 Å². The third-order valence-electron chi connectivity index (χ3n) is 4.05. The summed E-state index contributed by atoms with van der Waals surface area (Å²) in [6.07, 6.45) is 3.97. The first-order valence-electron chi connectivity index (χ1n) is 7.02. The summed E-state index contributed by atoms with van der Waals surface area (Å²) < 4.78 is 0. The fraction of sp³-hybridized carbons (Fsp3) is 0.643. The van der Waals surface area contributed by atoms with E-state index in [1.165, 1.54) is 12.8 Å². The molecule has 0 amide bonds. The third-order valence-corrected chi connectivity index (χ3v) is 4.05. The predicted molar refractivity (Wildman–Crippen MR) is 77.7 cm³/mol. The van der Waals surface area contributed by atoms with E-state index in [4.69, 9.17) is 0 Å². The zero-order valence-corrected chi connectivity index (χ0v) is 12.3. The number of nitrogens with one attached hydrogen (secondary N) is 1. The van der Waals surface area contributed by atoms with Gasteiger partial charge in [-0.15, -0.1) is 0 Å². The standard InChI is InChI=1S/C14H22N4O2/c1-10-7-16-13(11(2)14(10)18(19)20)9-17-6-4-5-12(17)8-15-3/h7,12,15H,4-6,8-9H2,1-3H3. The van der Waals surface area contributed by atoms with Gasteiger partial charge in [0.1, 0.15) is 0 Å². The summed E-state index contributed by atoms with van der Waals surface area (Å²) in [6.45, 7) is 6.22. The van der Waals surface area contributed by atoms with Gasteiger partial charge in [0, 0.05) is 36.5 Å². The van der Waals surface area contributed by atoms with E-state index >= 15 is 0 Å². The molecule has 0 bridgehead atoms. The average Bonchev–Trinajstić information content (AvgIpc) is 2.80. The Bertz CT molecular complexity index is 504. The zero-order valence-electron chi connectivity index (χ0n) is 12.3. The number of nitro groups is 1. The number of nitrogens with zero attached hydrogens (tertiary/aromatic N) is 3. The topological polar surface area (TPSA) is 71.3 Å². The molecule has 0 saturated carbocycles. The average molecular weight is 278 g/mol. The molecule has 0 aliphatic carbocycles. The maximum absolute atomic E-state index is 11.2. The quantitative estimate of drug-likeness (QED) is 0.656. The molecule has 1 atom stereocenters. The second kappa shape index (κ2) is 6.28. The molecule has 1 aromatic rings. The molecule has 1 unspecified atom stereocenters. The Balaban J connectivity index is 2.21. The van der Waals surface area contributed by atoms with Crippen molar-refractivity contribution in [2.24, 2.45) is 0 Å². The van der Waals surface area contributed by atoms with Crippen LogP contribution in [0.1, 0.15) is 29.7 Å². The van der Waals surface area contributed by atoms with Crippen molar-refractivity contribution in [3.8, 4) is 0 Å². The van der Waals surface area contributed by atoms with Crippen molar-refractivity contribution in [3.05, 3.63) is 33.1 Å². The van der Waals surface area contributed by atoms with E-state index in [2.05, 4.69) is 15.2 Å². The monoisotopic (exact) mass is 278 g/mol. The van der Waals surface area contributed by atoms with Crippen molar-refractivity contribution in [1.29, 1.82) is 0 Å². The summed E-state index contributed by atoms with van der Waals surface area (Å²) in [5.74, 6) is 0. The highest BCUT2D eigenvalue weighted by Gasteiger charge is 2.26. The minimum Gasteiger partial charge on any atom is -0.318 e. The molecule has 2 heterocycles. The second-order valence-corrected chi connectivity index (χ2v) is 5.44. The molecule has 0 spiro atoms. The van der Waals surface area contributed by atoms with Crippen LogP contribution in [-0.2, 0) is 6.54 Å². The van der Waals surface area contributed by atoms with Gasteiger partial charge < -0.3 is 5.32 Å². The van der Waals surface area contributed by atoms with Crippen molar-refractivity contribution in [1.82, 2.24) is 15.2 Å². The zero-order chi connectivity index (χ0) is 14.7. The highest BCUT2D eigenvalue weighted by molar-refractivity contribution is 5.47. The minimum absolute atomic E-state index is 0.208. The van der Waals surface area contributed by atoms with Gasteiger partial charge >= 0.3 is 0 Å². The summed E-state index contributed by atoms with van der Waals surface area (Å²) in [7, 11) is 1.96. The van der Waals surface area contributed by atoms with Crippen LogP contribution in [0.2, 0.25) is 0 Å². The lowest BCUT2D eigenvalue weighted by atomic mass is 10.1. The molecule has 0 radical (unpaired) electrons. The van der Waals surface area contributed by atoms with Crippen LogP contribution >= 0.6 is 0 Å². The second-order valence-electron chi connectivity index (χ2n) is 5.44. The number of likely N-dealkylation sites (tertiary alicyclic amines) is 1. The van der Waals surface area contributed by atoms with E-state index in [9.17, 15) is 10.1 Å². The van der Waals surface area contributed by atoms with Crippen molar-refractivity contribution >= 4 is 5.69 Å². The van der Waals surface area contributed by atoms with Gasteiger partial charge in [0.05, 0.1) is 10.6 Å². The smallest absolute Gasteiger partial charge is 0.278 e. The Kier molecular flexibility index (Phi) is 4.67. The first-order chi connectivity index (χ1) is 9.54. The molecule has 20 heavy (non-hydrogen) atoms. The number of aryl methyl sites for hydroxylation is 1. The Hall–Kier alpha value is -1.53. The van der Waals surface area contributed by atoms with Gasteiger partial charge in [0.2, 0.25) is 0 Å². The maximum Gasteiger partial charge on any atom is 0.278 e. The summed E-state index contributed by atoms with van der Waals surface area (Å²) in [6, 6.07) is 0.501. The Labute approximate surface area is 119 Å². The van der Waals surface area contributed by atoms with Crippen LogP contribution in [0.4, 0.5) is 5.69 Å². The van der Waals surface area contributed by atoms with Gasteiger partial charge in [-0.2, -0.15) is 0 Å². The summed E-state index contributed by atoms with van der Waals surface area (Å²) in [5.41, 5.74) is 2.36. The maximum atomic E-state index is 11.2. The van der Waals surface area contributed by atoms with E-state index < -0.39 is 0 Å². The molecule has 6 nitrogen and oxygen atoms in total. The van der Waals surface area contributed by atoms with Crippen LogP contribution in [0.3, 0.4) is 0 Å². The Morgan fingerprint density at radius 2 is 2.30 bits per heavy atom. The molecule has 1 aliphatic heterocycles. The molecule has 1 fully saturated rings. The fourth-order valence-corrected chi connectivity index (χ4v) is 2.97. The summed E-state index contributed by atoms with van der Waals surface area (Å²) in [5, 5.41) is 14.4. The van der Waals surface area contributed by atoms with Gasteiger partial charge in [-0.05, 0) is 40.3 Å². The van der Waals surface area contributed by atoms with Gasteiger partial charge in [0.25, 0.3) is 5.69 Å². The van der Waals surface area contributed by atoms with E-state index in [0.717, 1.165) is 18.8 Å². The first kappa shape index (κ1) is 14.9. The normalized spacial score (nSPS) is 19.4. The van der Waals surface area contributed by atoms with Crippen molar-refractivity contribution in [2.75, 3.05) is 20.1 Å². The molecule has 2 rings (SSSR count). The summed E-state index contributed by atoms with van der Waals surface area (Å²) in [4.78, 5) is 17.6. The molecule has 1 aliphatic rings. The summed E-state index contributed by atoms with van der Waals surface area (Å²) >= 11 is 0. The van der Waals surface area contributed by atoms with Crippen molar-refractivity contribution < 1.29 is 4.92 Å². The lowest BCUT2D eigenvalue weighted by molar-refractivity contribution is -0.386. The largest absolute Gasteiger partial charge is 0.318 e. The molecule has 1 N–H and O–H groups in total. The number of hydrogen-bond acceptors (Lipinski definition) is 5. The number of pyridine rings is 1. The van der Waals surface area contributed by atoms with Crippen LogP contribution in [0.15, 0.2) is 6.20 Å². The molecule has 0 aromatic carbocycles. The van der Waals surface area contributed by atoms with Crippen LogP contribution in [-0.4, -0.2) is 41.0 Å². The number of likely N-dealkylation sites (N-methyl/N-ethyl adjacent to an activating group) is 1. The van der Waals surface area contributed by atoms with E-state index in [1.54, 1.807) is 20.0 Å².